The second kappa shape index (κ2) is 5.14. The molecule has 1 fully saturated rings. The molecule has 0 amide bonds. The number of nitrogens with one attached hydrogen (secondary N) is 1. The van der Waals surface area contributed by atoms with E-state index < -0.39 is 0 Å². The topological polar surface area (TPSA) is 63.8 Å². The number of nitrogens with two attached hydrogens (primary N) is 1. The molecule has 1 aromatic heterocycles. The molecule has 1 aliphatic carbocycles. The monoisotopic (exact) mass is 220 g/mol. The summed E-state index contributed by atoms with van der Waals surface area (Å²) in [5, 5.41) is 3.44. The first kappa shape index (κ1) is 11.2. The molecule has 4 heteroatoms. The summed E-state index contributed by atoms with van der Waals surface area (Å²) in [5.41, 5.74) is 5.79. The SMILES string of the molecule is CC1CCCCCC1Nc1nccnc1N. The van der Waals surface area contributed by atoms with Crippen molar-refractivity contribution in [3.05, 3.63) is 12.4 Å². The molecular formula is C12H20N4. The number of hydrogen-bond donors (Lipinski definition) is 2. The lowest BCUT2D eigenvalue weighted by molar-refractivity contribution is 0.456. The van der Waals surface area contributed by atoms with E-state index in [4.69, 9.17) is 5.73 Å². The van der Waals surface area contributed by atoms with Crippen LogP contribution < -0.4 is 11.1 Å². The largest absolute Gasteiger partial charge is 0.381 e. The normalized spacial score (nSPS) is 26.1. The summed E-state index contributed by atoms with van der Waals surface area (Å²) < 4.78 is 0. The number of aromatic nitrogens is 2. The first-order valence-electron chi connectivity index (χ1n) is 6.10. The van der Waals surface area contributed by atoms with Gasteiger partial charge in [-0.25, -0.2) is 9.97 Å². The third kappa shape index (κ3) is 2.62. The van der Waals surface area contributed by atoms with E-state index in [-0.39, 0.29) is 0 Å². The third-order valence-electron chi connectivity index (χ3n) is 3.41. The number of nitrogens with zero attached hydrogens (tertiary/aromatic N) is 2. The van der Waals surface area contributed by atoms with Crippen molar-refractivity contribution in [2.75, 3.05) is 11.1 Å². The fraction of sp³-hybridized carbons (Fsp3) is 0.667. The van der Waals surface area contributed by atoms with Gasteiger partial charge in [0.25, 0.3) is 0 Å². The Hall–Kier alpha value is -1.32. The minimum atomic E-state index is 0.487. The van der Waals surface area contributed by atoms with Crippen molar-refractivity contribution in [1.29, 1.82) is 0 Å². The molecule has 0 spiro atoms. The summed E-state index contributed by atoms with van der Waals surface area (Å²) in [5.74, 6) is 1.92. The quantitative estimate of drug-likeness (QED) is 0.751. The van der Waals surface area contributed by atoms with Gasteiger partial charge in [-0.2, -0.15) is 0 Å². The minimum absolute atomic E-state index is 0.487. The van der Waals surface area contributed by atoms with E-state index in [1.165, 1.54) is 32.1 Å². The fourth-order valence-corrected chi connectivity index (χ4v) is 2.34. The van der Waals surface area contributed by atoms with Gasteiger partial charge in [-0.1, -0.05) is 26.2 Å². The van der Waals surface area contributed by atoms with Crippen molar-refractivity contribution in [1.82, 2.24) is 9.97 Å². The highest BCUT2D eigenvalue weighted by Crippen LogP contribution is 2.26. The molecule has 0 aromatic carbocycles. The van der Waals surface area contributed by atoms with Crippen LogP contribution in [0.2, 0.25) is 0 Å². The zero-order valence-corrected chi connectivity index (χ0v) is 9.82. The van der Waals surface area contributed by atoms with Gasteiger partial charge in [0, 0.05) is 18.4 Å². The number of anilines is 2. The predicted molar refractivity (Wildman–Crippen MR) is 66.1 cm³/mol. The molecule has 2 atom stereocenters. The number of rotatable bonds is 2. The van der Waals surface area contributed by atoms with E-state index in [1.807, 2.05) is 0 Å². The first-order valence-corrected chi connectivity index (χ1v) is 6.10. The maximum Gasteiger partial charge on any atom is 0.169 e. The summed E-state index contributed by atoms with van der Waals surface area (Å²) in [6.45, 7) is 2.30. The van der Waals surface area contributed by atoms with Crippen LogP contribution in [0.1, 0.15) is 39.0 Å². The zero-order valence-electron chi connectivity index (χ0n) is 9.82. The van der Waals surface area contributed by atoms with Crippen LogP contribution in [0.3, 0.4) is 0 Å². The Kier molecular flexibility index (Phi) is 3.59. The lowest BCUT2D eigenvalue weighted by atomic mass is 9.97. The van der Waals surface area contributed by atoms with Gasteiger partial charge in [0.15, 0.2) is 11.6 Å². The standard InChI is InChI=1S/C12H20N4/c1-9-5-3-2-4-6-10(9)16-12-11(13)14-7-8-15-12/h7-10H,2-6H2,1H3,(H2,13,14)(H,15,16). The molecule has 2 unspecified atom stereocenters. The Morgan fingerprint density at radius 2 is 1.94 bits per heavy atom. The first-order chi connectivity index (χ1) is 7.77. The Balaban J connectivity index is 2.05. The van der Waals surface area contributed by atoms with Crippen molar-refractivity contribution in [3.8, 4) is 0 Å². The van der Waals surface area contributed by atoms with Crippen molar-refractivity contribution >= 4 is 11.6 Å². The van der Waals surface area contributed by atoms with E-state index in [2.05, 4.69) is 22.2 Å². The molecule has 2 rings (SSSR count). The van der Waals surface area contributed by atoms with E-state index in [0.29, 0.717) is 17.8 Å². The van der Waals surface area contributed by atoms with Gasteiger partial charge in [-0.05, 0) is 18.8 Å². The van der Waals surface area contributed by atoms with Crippen LogP contribution in [-0.2, 0) is 0 Å². The van der Waals surface area contributed by atoms with E-state index in [1.54, 1.807) is 12.4 Å². The number of nitrogen functional groups attached to an aromatic ring is 1. The Labute approximate surface area is 96.7 Å². The summed E-state index contributed by atoms with van der Waals surface area (Å²) in [6.07, 6.45) is 9.78. The highest BCUT2D eigenvalue weighted by atomic mass is 15.1. The molecule has 1 aromatic rings. The smallest absolute Gasteiger partial charge is 0.169 e. The molecule has 1 saturated carbocycles. The minimum Gasteiger partial charge on any atom is -0.381 e. The number of hydrogen-bond acceptors (Lipinski definition) is 4. The average Bonchev–Trinajstić information content (AvgIpc) is 2.48. The van der Waals surface area contributed by atoms with Crippen LogP contribution in [0.4, 0.5) is 11.6 Å². The van der Waals surface area contributed by atoms with Gasteiger partial charge < -0.3 is 11.1 Å². The highest BCUT2D eigenvalue weighted by molar-refractivity contribution is 5.55. The summed E-state index contributed by atoms with van der Waals surface area (Å²) in [7, 11) is 0. The van der Waals surface area contributed by atoms with Gasteiger partial charge in [-0.3, -0.25) is 0 Å². The predicted octanol–water partition coefficient (Wildman–Crippen LogP) is 2.44. The van der Waals surface area contributed by atoms with Gasteiger partial charge in [0.2, 0.25) is 0 Å². The maximum atomic E-state index is 5.79. The van der Waals surface area contributed by atoms with Crippen molar-refractivity contribution in [3.63, 3.8) is 0 Å². The maximum absolute atomic E-state index is 5.79. The Morgan fingerprint density at radius 1 is 1.19 bits per heavy atom. The molecule has 0 saturated heterocycles. The summed E-state index contributed by atoms with van der Waals surface area (Å²) >= 11 is 0. The van der Waals surface area contributed by atoms with Gasteiger partial charge in [-0.15, -0.1) is 0 Å². The van der Waals surface area contributed by atoms with Crippen molar-refractivity contribution in [2.24, 2.45) is 5.92 Å². The molecule has 1 heterocycles. The second-order valence-corrected chi connectivity index (χ2v) is 4.66. The van der Waals surface area contributed by atoms with Crippen LogP contribution in [0.25, 0.3) is 0 Å². The molecule has 4 nitrogen and oxygen atoms in total. The lowest BCUT2D eigenvalue weighted by Crippen LogP contribution is -2.27. The van der Waals surface area contributed by atoms with Gasteiger partial charge in [0.1, 0.15) is 0 Å². The van der Waals surface area contributed by atoms with Crippen LogP contribution in [0.15, 0.2) is 12.4 Å². The zero-order chi connectivity index (χ0) is 11.4. The van der Waals surface area contributed by atoms with E-state index in [9.17, 15) is 0 Å². The average molecular weight is 220 g/mol. The molecule has 1 aliphatic rings. The molecule has 0 bridgehead atoms. The second-order valence-electron chi connectivity index (χ2n) is 4.66. The molecule has 0 radical (unpaired) electrons. The highest BCUT2D eigenvalue weighted by Gasteiger charge is 2.20. The summed E-state index contributed by atoms with van der Waals surface area (Å²) in [6, 6.07) is 0.487. The van der Waals surface area contributed by atoms with Gasteiger partial charge >= 0.3 is 0 Å². The Morgan fingerprint density at radius 3 is 2.75 bits per heavy atom. The van der Waals surface area contributed by atoms with E-state index >= 15 is 0 Å². The van der Waals surface area contributed by atoms with Crippen LogP contribution >= 0.6 is 0 Å². The van der Waals surface area contributed by atoms with Crippen LogP contribution in [0.5, 0.6) is 0 Å². The summed E-state index contributed by atoms with van der Waals surface area (Å²) in [4.78, 5) is 8.28. The molecular weight excluding hydrogens is 200 g/mol. The van der Waals surface area contributed by atoms with E-state index in [0.717, 1.165) is 5.82 Å². The van der Waals surface area contributed by atoms with Crippen molar-refractivity contribution in [2.45, 2.75) is 45.1 Å². The Bertz CT molecular complexity index is 340. The molecule has 0 aliphatic heterocycles. The van der Waals surface area contributed by atoms with Crippen LogP contribution in [0, 0.1) is 5.92 Å². The third-order valence-corrected chi connectivity index (χ3v) is 3.41. The van der Waals surface area contributed by atoms with Gasteiger partial charge in [0.05, 0.1) is 0 Å². The van der Waals surface area contributed by atoms with Crippen molar-refractivity contribution < 1.29 is 0 Å². The fourth-order valence-electron chi connectivity index (χ4n) is 2.34. The lowest BCUT2D eigenvalue weighted by Gasteiger charge is -2.23. The molecule has 16 heavy (non-hydrogen) atoms. The van der Waals surface area contributed by atoms with Crippen LogP contribution in [-0.4, -0.2) is 16.0 Å². The molecule has 88 valence electrons. The molecule has 3 N–H and O–H groups in total.